The van der Waals surface area contributed by atoms with Crippen LogP contribution in [-0.4, -0.2) is 28.4 Å². The summed E-state index contributed by atoms with van der Waals surface area (Å²) in [4.78, 5) is 49.2. The van der Waals surface area contributed by atoms with Crippen LogP contribution in [0.3, 0.4) is 0 Å². The van der Waals surface area contributed by atoms with Gasteiger partial charge in [-0.3, -0.25) is 19.2 Å². The van der Waals surface area contributed by atoms with E-state index in [1.54, 1.807) is 31.2 Å². The number of allylic oxidation sites excluding steroid dienone is 2. The highest BCUT2D eigenvalue weighted by Gasteiger charge is 2.29. The van der Waals surface area contributed by atoms with Crippen LogP contribution in [0, 0.1) is 5.92 Å². The maximum atomic E-state index is 12.8. The summed E-state index contributed by atoms with van der Waals surface area (Å²) < 4.78 is 0. The fourth-order valence-corrected chi connectivity index (χ4v) is 4.18. The molecule has 1 N–H and O–H groups in total. The number of carboxylic acids is 1. The van der Waals surface area contributed by atoms with Crippen LogP contribution in [0.2, 0.25) is 0 Å². The highest BCUT2D eigenvalue weighted by Crippen LogP contribution is 2.29. The van der Waals surface area contributed by atoms with Crippen LogP contribution in [-0.2, 0) is 16.0 Å². The zero-order valence-corrected chi connectivity index (χ0v) is 18.3. The van der Waals surface area contributed by atoms with Crippen molar-refractivity contribution in [1.29, 1.82) is 0 Å². The number of hydrogen-bond acceptors (Lipinski definition) is 4. The molecular weight excluding hydrogens is 404 g/mol. The lowest BCUT2D eigenvalue weighted by atomic mass is 9.82. The van der Waals surface area contributed by atoms with Crippen molar-refractivity contribution in [2.24, 2.45) is 5.92 Å². The lowest BCUT2D eigenvalue weighted by Gasteiger charge is -2.18. The fraction of sp³-hybridized carbons (Fsp3) is 0.333. The average molecular weight is 433 g/mol. The van der Waals surface area contributed by atoms with Crippen LogP contribution < -0.4 is 0 Å². The van der Waals surface area contributed by atoms with E-state index in [0.29, 0.717) is 54.4 Å². The van der Waals surface area contributed by atoms with Gasteiger partial charge in [-0.15, -0.1) is 0 Å². The molecule has 1 aliphatic carbocycles. The minimum absolute atomic E-state index is 0.0261. The van der Waals surface area contributed by atoms with Crippen LogP contribution in [0.1, 0.15) is 71.7 Å². The van der Waals surface area contributed by atoms with Crippen molar-refractivity contribution in [3.8, 4) is 0 Å². The molecule has 5 nitrogen and oxygen atoms in total. The Morgan fingerprint density at radius 3 is 2.12 bits per heavy atom. The minimum atomic E-state index is -0.953. The maximum absolute atomic E-state index is 12.8. The molecule has 0 unspecified atom stereocenters. The normalized spacial score (nSPS) is 14.3. The average Bonchev–Trinajstić information content (AvgIpc) is 2.79. The molecule has 1 atom stereocenters. The third-order valence-corrected chi connectivity index (χ3v) is 6.01. The molecule has 166 valence electrons. The number of carbonyl (C=O) groups is 4. The zero-order chi connectivity index (χ0) is 23.1. The number of benzene rings is 2. The first-order valence-electron chi connectivity index (χ1n) is 11.0. The Balaban J connectivity index is 1.45. The molecule has 1 aliphatic rings. The van der Waals surface area contributed by atoms with E-state index in [4.69, 9.17) is 0 Å². The van der Waals surface area contributed by atoms with Crippen molar-refractivity contribution >= 4 is 23.3 Å². The number of aliphatic carboxylic acids is 1. The monoisotopic (exact) mass is 432 g/mol. The molecule has 0 radical (unpaired) electrons. The van der Waals surface area contributed by atoms with Crippen LogP contribution in [0.4, 0.5) is 0 Å². The van der Waals surface area contributed by atoms with Gasteiger partial charge in [0.1, 0.15) is 5.78 Å². The van der Waals surface area contributed by atoms with Gasteiger partial charge in [0, 0.05) is 35.1 Å². The molecule has 0 bridgehead atoms. The van der Waals surface area contributed by atoms with E-state index in [9.17, 15) is 24.3 Å². The number of Topliss-reactive ketones (excluding diaryl/α,β-unsaturated/α-hetero) is 3. The third-order valence-electron chi connectivity index (χ3n) is 6.01. The maximum Gasteiger partial charge on any atom is 0.307 e. The fourth-order valence-electron chi connectivity index (χ4n) is 4.18. The van der Waals surface area contributed by atoms with Gasteiger partial charge >= 0.3 is 5.97 Å². The molecule has 2 aromatic rings. The zero-order valence-electron chi connectivity index (χ0n) is 18.3. The number of fused-ring (bicyclic) bond motifs is 1. The Hall–Kier alpha value is -3.34. The first-order chi connectivity index (χ1) is 15.4. The van der Waals surface area contributed by atoms with Gasteiger partial charge in [-0.1, -0.05) is 61.0 Å². The van der Waals surface area contributed by atoms with Crippen molar-refractivity contribution in [2.75, 3.05) is 0 Å². The van der Waals surface area contributed by atoms with Gasteiger partial charge in [0.05, 0.1) is 5.92 Å². The second-order valence-electron chi connectivity index (χ2n) is 8.34. The number of rotatable bonds is 11. The van der Waals surface area contributed by atoms with Crippen LogP contribution in [0.25, 0.3) is 0 Å². The smallest absolute Gasteiger partial charge is 0.307 e. The first-order valence-corrected chi connectivity index (χ1v) is 11.0. The molecule has 0 saturated carbocycles. The molecule has 2 aromatic carbocycles. The number of ketones is 3. The van der Waals surface area contributed by atoms with Gasteiger partial charge in [0.2, 0.25) is 0 Å². The molecule has 0 aromatic heterocycles. The molecule has 0 aliphatic heterocycles. The van der Waals surface area contributed by atoms with Gasteiger partial charge < -0.3 is 5.11 Å². The Labute approximate surface area is 188 Å². The van der Waals surface area contributed by atoms with Gasteiger partial charge in [-0.2, -0.15) is 0 Å². The summed E-state index contributed by atoms with van der Waals surface area (Å²) in [5.74, 6) is -1.90. The van der Waals surface area contributed by atoms with Crippen molar-refractivity contribution in [3.63, 3.8) is 0 Å². The molecule has 0 fully saturated rings. The molecule has 0 spiro atoms. The molecule has 3 rings (SSSR count). The predicted octanol–water partition coefficient (Wildman–Crippen LogP) is 5.24. The number of unbranched alkanes of at least 4 members (excludes halogenated alkanes) is 2. The summed E-state index contributed by atoms with van der Waals surface area (Å²) in [5.41, 5.74) is 2.91. The van der Waals surface area contributed by atoms with Crippen LogP contribution in [0.5, 0.6) is 0 Å². The molecule has 0 amide bonds. The Kier molecular flexibility index (Phi) is 7.87. The molecule has 5 heteroatoms. The van der Waals surface area contributed by atoms with Gasteiger partial charge in [-0.05, 0) is 38.2 Å². The topological polar surface area (TPSA) is 88.5 Å². The van der Waals surface area contributed by atoms with E-state index >= 15 is 0 Å². The van der Waals surface area contributed by atoms with Crippen LogP contribution in [0.15, 0.2) is 65.7 Å². The lowest BCUT2D eigenvalue weighted by Crippen LogP contribution is -2.21. The summed E-state index contributed by atoms with van der Waals surface area (Å²) in [6.45, 7) is 1.70. The van der Waals surface area contributed by atoms with E-state index in [-0.39, 0.29) is 23.8 Å². The largest absolute Gasteiger partial charge is 0.481 e. The quantitative estimate of drug-likeness (QED) is 0.491. The Bertz CT molecular complexity index is 1050. The van der Waals surface area contributed by atoms with Crippen molar-refractivity contribution in [1.82, 2.24) is 0 Å². The number of carbonyl (C=O) groups excluding carboxylic acids is 3. The minimum Gasteiger partial charge on any atom is -0.481 e. The van der Waals surface area contributed by atoms with E-state index in [1.165, 1.54) is 0 Å². The Morgan fingerprint density at radius 2 is 1.47 bits per heavy atom. The molecule has 0 saturated heterocycles. The second-order valence-corrected chi connectivity index (χ2v) is 8.34. The van der Waals surface area contributed by atoms with E-state index < -0.39 is 11.9 Å². The summed E-state index contributed by atoms with van der Waals surface area (Å²) >= 11 is 0. The molecule has 0 heterocycles. The van der Waals surface area contributed by atoms with Gasteiger partial charge in [0.15, 0.2) is 11.6 Å². The highest BCUT2D eigenvalue weighted by atomic mass is 16.4. The van der Waals surface area contributed by atoms with E-state index in [2.05, 4.69) is 0 Å². The highest BCUT2D eigenvalue weighted by molar-refractivity contribution is 6.26. The standard InChI is InChI=1S/C27H28O5/c1-18-22(26(30)24-15-9-8-14-23(24)25(18)29)13-7-3-6-12-21(28)17-20(27(31)32)16-19-10-4-2-5-11-19/h2,4-5,8-11,14-15,20H,3,6-7,12-13,16-17H2,1H3,(H,31,32)/t20-/m1/s1. The number of carboxylic acid groups (broad SMARTS) is 1. The SMILES string of the molecule is CC1=C(CCCCCC(=O)C[C@@H](Cc2ccccc2)C(=O)O)C(=O)c2ccccc2C1=O. The van der Waals surface area contributed by atoms with E-state index in [1.807, 2.05) is 30.3 Å². The molecular formula is C27H28O5. The van der Waals surface area contributed by atoms with Crippen molar-refractivity contribution in [2.45, 2.75) is 51.9 Å². The van der Waals surface area contributed by atoms with E-state index in [0.717, 1.165) is 12.0 Å². The summed E-state index contributed by atoms with van der Waals surface area (Å²) in [7, 11) is 0. The number of hydrogen-bond donors (Lipinski definition) is 1. The lowest BCUT2D eigenvalue weighted by molar-refractivity contribution is -0.143. The van der Waals surface area contributed by atoms with Crippen molar-refractivity contribution < 1.29 is 24.3 Å². The molecule has 32 heavy (non-hydrogen) atoms. The Morgan fingerprint density at radius 1 is 0.844 bits per heavy atom. The van der Waals surface area contributed by atoms with Crippen LogP contribution >= 0.6 is 0 Å². The second kappa shape index (κ2) is 10.8. The van der Waals surface area contributed by atoms with Gasteiger partial charge in [-0.25, -0.2) is 0 Å². The predicted molar refractivity (Wildman–Crippen MR) is 122 cm³/mol. The summed E-state index contributed by atoms with van der Waals surface area (Å²) in [6.07, 6.45) is 3.28. The summed E-state index contributed by atoms with van der Waals surface area (Å²) in [6, 6.07) is 16.2. The van der Waals surface area contributed by atoms with Gasteiger partial charge in [0.25, 0.3) is 0 Å². The summed E-state index contributed by atoms with van der Waals surface area (Å²) in [5, 5.41) is 9.46. The third kappa shape index (κ3) is 5.67. The first kappa shape index (κ1) is 23.3. The van der Waals surface area contributed by atoms with Crippen molar-refractivity contribution in [3.05, 3.63) is 82.4 Å².